The average molecular weight is 654 g/mol. The summed E-state index contributed by atoms with van der Waals surface area (Å²) >= 11 is 5.82. The summed E-state index contributed by atoms with van der Waals surface area (Å²) in [6.45, 7) is 4.88. The fourth-order valence-electron chi connectivity index (χ4n) is 4.44. The largest absolute Gasteiger partial charge is 0.497 e. The third kappa shape index (κ3) is 8.66. The Morgan fingerprint density at radius 3 is 2.27 bits per heavy atom. The van der Waals surface area contributed by atoms with Crippen LogP contribution in [0.5, 0.6) is 5.75 Å². The van der Waals surface area contributed by atoms with Crippen LogP contribution < -0.4 is 14.4 Å². The van der Waals surface area contributed by atoms with Crippen molar-refractivity contribution in [2.45, 2.75) is 50.9 Å². The van der Waals surface area contributed by atoms with Crippen LogP contribution in [0.4, 0.5) is 18.9 Å². The van der Waals surface area contributed by atoms with E-state index in [9.17, 15) is 31.2 Å². The van der Waals surface area contributed by atoms with Crippen molar-refractivity contribution in [1.29, 1.82) is 0 Å². The molecule has 1 N–H and O–H groups in total. The lowest BCUT2D eigenvalue weighted by Gasteiger charge is -2.33. The van der Waals surface area contributed by atoms with E-state index >= 15 is 0 Å². The lowest BCUT2D eigenvalue weighted by Crippen LogP contribution is -2.52. The van der Waals surface area contributed by atoms with Crippen molar-refractivity contribution in [3.63, 3.8) is 0 Å². The van der Waals surface area contributed by atoms with E-state index in [4.69, 9.17) is 16.3 Å². The summed E-state index contributed by atoms with van der Waals surface area (Å²) in [6, 6.07) is 15.4. The smallest absolute Gasteiger partial charge is 0.417 e. The highest BCUT2D eigenvalue weighted by atomic mass is 35.5. The Labute approximate surface area is 260 Å². The van der Waals surface area contributed by atoms with E-state index in [2.05, 4.69) is 5.32 Å². The predicted octanol–water partition coefficient (Wildman–Crippen LogP) is 6.14. The molecule has 0 unspecified atom stereocenters. The molecule has 0 heterocycles. The average Bonchev–Trinajstić information content (AvgIpc) is 2.98. The van der Waals surface area contributed by atoms with Gasteiger partial charge in [0, 0.05) is 13.1 Å². The number of sulfonamides is 1. The lowest BCUT2D eigenvalue weighted by atomic mass is 10.1. The monoisotopic (exact) mass is 653 g/mol. The molecule has 0 saturated carbocycles. The summed E-state index contributed by atoms with van der Waals surface area (Å²) in [5.74, 6) is -0.622. The van der Waals surface area contributed by atoms with Crippen LogP contribution in [0.3, 0.4) is 0 Å². The van der Waals surface area contributed by atoms with Gasteiger partial charge in [0.2, 0.25) is 11.8 Å². The van der Waals surface area contributed by atoms with E-state index < -0.39 is 56.9 Å². The number of halogens is 4. The maximum Gasteiger partial charge on any atom is 0.417 e. The van der Waals surface area contributed by atoms with Crippen molar-refractivity contribution < 1.29 is 35.9 Å². The Morgan fingerprint density at radius 1 is 1.00 bits per heavy atom. The van der Waals surface area contributed by atoms with Gasteiger partial charge in [-0.05, 0) is 60.4 Å². The van der Waals surface area contributed by atoms with Gasteiger partial charge in [0.15, 0.2) is 0 Å². The molecule has 0 radical (unpaired) electrons. The number of amides is 2. The van der Waals surface area contributed by atoms with Gasteiger partial charge in [-0.3, -0.25) is 13.9 Å². The number of rotatable bonds is 13. The molecule has 2 amide bonds. The summed E-state index contributed by atoms with van der Waals surface area (Å²) < 4.78 is 75.0. The number of carbonyl (C=O) groups is 2. The predicted molar refractivity (Wildman–Crippen MR) is 163 cm³/mol. The van der Waals surface area contributed by atoms with Crippen molar-refractivity contribution >= 4 is 39.1 Å². The number of ether oxygens (including phenoxy) is 1. The van der Waals surface area contributed by atoms with Crippen LogP contribution in [0, 0.1) is 5.92 Å². The van der Waals surface area contributed by atoms with E-state index in [-0.39, 0.29) is 23.8 Å². The summed E-state index contributed by atoms with van der Waals surface area (Å²) in [6.07, 6.45) is -4.70. The number of nitrogens with one attached hydrogen (secondary N) is 1. The second-order valence-electron chi connectivity index (χ2n) is 10.4. The molecule has 0 aliphatic heterocycles. The molecule has 1 atom stereocenters. The van der Waals surface area contributed by atoms with Gasteiger partial charge in [-0.2, -0.15) is 13.2 Å². The molecule has 0 aliphatic carbocycles. The Bertz CT molecular complexity index is 1550. The van der Waals surface area contributed by atoms with Crippen LogP contribution in [-0.2, 0) is 32.3 Å². The standard InChI is InChI=1S/C31H35ClF3N3O5S/c1-5-28(30(40)36-18-21(2)3)37(19-22-10-9-11-24(16-22)43-4)29(39)20-38(44(41,42)25-12-7-6-8-13-25)23-14-15-27(32)26(17-23)31(33,34)35/h6-17,21,28H,5,18-20H2,1-4H3,(H,36,40)/t28-/m1/s1. The van der Waals surface area contributed by atoms with Crippen LogP contribution in [-0.4, -0.2) is 51.4 Å². The molecular weight excluding hydrogens is 619 g/mol. The fourth-order valence-corrected chi connectivity index (χ4v) is 6.10. The highest BCUT2D eigenvalue weighted by Gasteiger charge is 2.37. The van der Waals surface area contributed by atoms with E-state index in [1.54, 1.807) is 37.3 Å². The van der Waals surface area contributed by atoms with Crippen molar-refractivity contribution in [3.8, 4) is 5.75 Å². The van der Waals surface area contributed by atoms with E-state index in [1.165, 1.54) is 36.3 Å². The lowest BCUT2D eigenvalue weighted by molar-refractivity contribution is -0.140. The summed E-state index contributed by atoms with van der Waals surface area (Å²) in [5, 5.41) is 2.19. The van der Waals surface area contributed by atoms with Crippen molar-refractivity contribution in [2.75, 3.05) is 24.5 Å². The maximum atomic E-state index is 14.1. The number of methoxy groups -OCH3 is 1. The Balaban J connectivity index is 2.13. The molecule has 238 valence electrons. The van der Waals surface area contributed by atoms with Gasteiger partial charge in [-0.25, -0.2) is 8.42 Å². The van der Waals surface area contributed by atoms with Gasteiger partial charge in [-0.1, -0.05) is 62.7 Å². The normalized spacial score (nSPS) is 12.5. The number of carbonyl (C=O) groups excluding carboxylic acids is 2. The molecule has 44 heavy (non-hydrogen) atoms. The second kappa shape index (κ2) is 14.8. The zero-order chi connectivity index (χ0) is 32.7. The minimum absolute atomic E-state index is 0.0999. The van der Waals surface area contributed by atoms with Crippen LogP contribution in [0.2, 0.25) is 5.02 Å². The molecule has 13 heteroatoms. The van der Waals surface area contributed by atoms with Crippen molar-refractivity contribution in [3.05, 3.63) is 88.9 Å². The van der Waals surface area contributed by atoms with Crippen LogP contribution in [0.1, 0.15) is 38.3 Å². The topological polar surface area (TPSA) is 96.0 Å². The second-order valence-corrected chi connectivity index (χ2v) is 12.7. The SMILES string of the molecule is CC[C@H](C(=O)NCC(C)C)N(Cc1cccc(OC)c1)C(=O)CN(c1ccc(Cl)c(C(F)(F)F)c1)S(=O)(=O)c1ccccc1. The number of hydrogen-bond acceptors (Lipinski definition) is 5. The van der Waals surface area contributed by atoms with Gasteiger partial charge in [0.05, 0.1) is 28.3 Å². The van der Waals surface area contributed by atoms with Gasteiger partial charge in [0.25, 0.3) is 10.0 Å². The van der Waals surface area contributed by atoms with Gasteiger partial charge >= 0.3 is 6.18 Å². The maximum absolute atomic E-state index is 14.1. The molecule has 3 aromatic rings. The minimum Gasteiger partial charge on any atom is -0.497 e. The molecule has 0 aliphatic rings. The van der Waals surface area contributed by atoms with Gasteiger partial charge in [0.1, 0.15) is 18.3 Å². The number of anilines is 1. The zero-order valence-corrected chi connectivity index (χ0v) is 26.3. The highest BCUT2D eigenvalue weighted by molar-refractivity contribution is 7.92. The molecule has 0 bridgehead atoms. The molecule has 0 fully saturated rings. The van der Waals surface area contributed by atoms with Crippen LogP contribution >= 0.6 is 11.6 Å². The molecular formula is C31H35ClF3N3O5S. The van der Waals surface area contributed by atoms with E-state index in [0.717, 1.165) is 12.1 Å². The molecule has 3 aromatic carbocycles. The first-order valence-corrected chi connectivity index (χ1v) is 15.7. The van der Waals surface area contributed by atoms with Crippen molar-refractivity contribution in [2.24, 2.45) is 5.92 Å². The number of nitrogens with zero attached hydrogens (tertiary/aromatic N) is 2. The minimum atomic E-state index is -4.89. The number of benzene rings is 3. The van der Waals surface area contributed by atoms with Crippen LogP contribution in [0.15, 0.2) is 77.7 Å². The zero-order valence-electron chi connectivity index (χ0n) is 24.8. The number of alkyl halides is 3. The van der Waals surface area contributed by atoms with Crippen molar-refractivity contribution in [1.82, 2.24) is 10.2 Å². The Morgan fingerprint density at radius 2 is 1.68 bits per heavy atom. The third-order valence-corrected chi connectivity index (χ3v) is 8.83. The van der Waals surface area contributed by atoms with Gasteiger partial charge < -0.3 is 15.0 Å². The molecule has 8 nitrogen and oxygen atoms in total. The molecule has 0 aromatic heterocycles. The summed E-state index contributed by atoms with van der Waals surface area (Å²) in [4.78, 5) is 28.4. The van der Waals surface area contributed by atoms with Gasteiger partial charge in [-0.15, -0.1) is 0 Å². The van der Waals surface area contributed by atoms with E-state index in [1.807, 2.05) is 13.8 Å². The van der Waals surface area contributed by atoms with Crippen LogP contribution in [0.25, 0.3) is 0 Å². The summed E-state index contributed by atoms with van der Waals surface area (Å²) in [5.41, 5.74) is -1.08. The Hall–Kier alpha value is -3.77. The third-order valence-electron chi connectivity index (χ3n) is 6.71. The Kier molecular flexibility index (Phi) is 11.7. The summed E-state index contributed by atoms with van der Waals surface area (Å²) in [7, 11) is -3.08. The van der Waals surface area contributed by atoms with E-state index in [0.29, 0.717) is 28.2 Å². The fraction of sp³-hybridized carbons (Fsp3) is 0.355. The molecule has 3 rings (SSSR count). The molecule has 0 spiro atoms. The quantitative estimate of drug-likeness (QED) is 0.239. The first kappa shape index (κ1) is 34.7. The number of hydrogen-bond donors (Lipinski definition) is 1. The molecule has 0 saturated heterocycles. The highest BCUT2D eigenvalue weighted by Crippen LogP contribution is 2.38. The first-order chi connectivity index (χ1) is 20.7. The first-order valence-electron chi connectivity index (χ1n) is 13.8.